The van der Waals surface area contributed by atoms with E-state index in [9.17, 15) is 22.8 Å². The van der Waals surface area contributed by atoms with Gasteiger partial charge in [0.15, 0.2) is 0 Å². The number of nitrogens with one attached hydrogen (secondary N) is 1. The molecule has 0 unspecified atom stereocenters. The molecule has 0 saturated heterocycles. The first kappa shape index (κ1) is 15.7. The molecular formula is C16H10F3N3O2. The lowest BCUT2D eigenvalue weighted by Gasteiger charge is -2.09. The van der Waals surface area contributed by atoms with Gasteiger partial charge < -0.3 is 5.32 Å². The number of aromatic nitrogens is 2. The molecule has 0 aliphatic carbocycles. The Kier molecular flexibility index (Phi) is 3.80. The van der Waals surface area contributed by atoms with E-state index in [1.807, 2.05) is 0 Å². The van der Waals surface area contributed by atoms with E-state index in [1.165, 1.54) is 10.6 Å². The van der Waals surface area contributed by atoms with Crippen molar-refractivity contribution < 1.29 is 18.0 Å². The lowest BCUT2D eigenvalue weighted by Crippen LogP contribution is -2.26. The summed E-state index contributed by atoms with van der Waals surface area (Å²) >= 11 is 0. The maximum absolute atomic E-state index is 12.5. The van der Waals surface area contributed by atoms with Crippen LogP contribution < -0.4 is 10.9 Å². The molecule has 0 saturated carbocycles. The van der Waals surface area contributed by atoms with Crippen LogP contribution in [0.2, 0.25) is 0 Å². The van der Waals surface area contributed by atoms with Gasteiger partial charge >= 0.3 is 6.18 Å². The zero-order chi connectivity index (χ0) is 17.3. The van der Waals surface area contributed by atoms with Crippen molar-refractivity contribution in [3.63, 3.8) is 0 Å². The summed E-state index contributed by atoms with van der Waals surface area (Å²) < 4.78 is 38.7. The third-order valence-electron chi connectivity index (χ3n) is 3.33. The molecule has 1 amide bonds. The summed E-state index contributed by atoms with van der Waals surface area (Å²) in [6.07, 6.45) is -1.85. The van der Waals surface area contributed by atoms with Crippen LogP contribution in [0.4, 0.5) is 18.9 Å². The number of benzene rings is 1. The van der Waals surface area contributed by atoms with Gasteiger partial charge in [0.05, 0.1) is 5.56 Å². The summed E-state index contributed by atoms with van der Waals surface area (Å²) in [5.41, 5.74) is -1.07. The third kappa shape index (κ3) is 2.98. The molecule has 3 rings (SSSR count). The molecule has 0 bridgehead atoms. The molecule has 0 aliphatic heterocycles. The van der Waals surface area contributed by atoms with E-state index < -0.39 is 23.2 Å². The predicted octanol–water partition coefficient (Wildman–Crippen LogP) is 2.97. The number of hydrogen-bond donors (Lipinski definition) is 1. The highest BCUT2D eigenvalue weighted by atomic mass is 19.4. The Morgan fingerprint density at radius 2 is 1.79 bits per heavy atom. The van der Waals surface area contributed by atoms with Crippen LogP contribution in [0.3, 0.4) is 0 Å². The number of fused-ring (bicyclic) bond motifs is 1. The number of pyridine rings is 1. The Balaban J connectivity index is 1.88. The smallest absolute Gasteiger partial charge is 0.322 e. The lowest BCUT2D eigenvalue weighted by molar-refractivity contribution is -0.137. The molecule has 0 radical (unpaired) electrons. The molecule has 2 aromatic heterocycles. The molecule has 3 aromatic rings. The minimum atomic E-state index is -4.45. The maximum Gasteiger partial charge on any atom is 0.416 e. The summed E-state index contributed by atoms with van der Waals surface area (Å²) in [5, 5.41) is 2.38. The van der Waals surface area contributed by atoms with E-state index in [0.29, 0.717) is 5.65 Å². The predicted molar refractivity (Wildman–Crippen MR) is 80.9 cm³/mol. The minimum absolute atomic E-state index is 0.144. The van der Waals surface area contributed by atoms with E-state index in [2.05, 4.69) is 10.3 Å². The van der Waals surface area contributed by atoms with Crippen LogP contribution in [-0.4, -0.2) is 15.3 Å². The summed E-state index contributed by atoms with van der Waals surface area (Å²) in [4.78, 5) is 28.4. The molecule has 0 spiro atoms. The normalized spacial score (nSPS) is 11.5. The van der Waals surface area contributed by atoms with Crippen LogP contribution in [0.15, 0.2) is 59.7 Å². The van der Waals surface area contributed by atoms with Gasteiger partial charge in [-0.05, 0) is 36.4 Å². The first-order valence-electron chi connectivity index (χ1n) is 6.81. The van der Waals surface area contributed by atoms with Crippen molar-refractivity contribution in [1.29, 1.82) is 0 Å². The summed E-state index contributed by atoms with van der Waals surface area (Å²) in [5.74, 6) is -0.745. The standard InChI is InChI=1S/C16H10F3N3O2/c17-16(18,19)10-4-6-11(7-5-10)21-14(23)12-9-20-13-3-1-2-8-22(13)15(12)24/h1-9H,(H,21,23). The van der Waals surface area contributed by atoms with Gasteiger partial charge in [-0.25, -0.2) is 4.98 Å². The zero-order valence-electron chi connectivity index (χ0n) is 12.0. The maximum atomic E-state index is 12.5. The molecule has 0 atom stereocenters. The monoisotopic (exact) mass is 333 g/mol. The first-order valence-corrected chi connectivity index (χ1v) is 6.81. The van der Waals surface area contributed by atoms with E-state index in [4.69, 9.17) is 0 Å². The number of rotatable bonds is 2. The second-order valence-electron chi connectivity index (χ2n) is 4.94. The highest BCUT2D eigenvalue weighted by Gasteiger charge is 2.30. The minimum Gasteiger partial charge on any atom is -0.322 e. The average molecular weight is 333 g/mol. The molecule has 24 heavy (non-hydrogen) atoms. The quantitative estimate of drug-likeness (QED) is 0.784. The van der Waals surface area contributed by atoms with Gasteiger partial charge in [0.25, 0.3) is 11.5 Å². The number of nitrogens with zero attached hydrogens (tertiary/aromatic N) is 2. The summed E-state index contributed by atoms with van der Waals surface area (Å²) in [6, 6.07) is 8.86. The van der Waals surface area contributed by atoms with Gasteiger partial charge in [0.2, 0.25) is 0 Å². The molecule has 2 heterocycles. The van der Waals surface area contributed by atoms with Gasteiger partial charge in [-0.2, -0.15) is 13.2 Å². The Morgan fingerprint density at radius 3 is 2.46 bits per heavy atom. The van der Waals surface area contributed by atoms with Crippen LogP contribution in [0, 0.1) is 0 Å². The first-order chi connectivity index (χ1) is 11.4. The van der Waals surface area contributed by atoms with Gasteiger partial charge in [-0.15, -0.1) is 0 Å². The van der Waals surface area contributed by atoms with Gasteiger partial charge in [0, 0.05) is 18.1 Å². The largest absolute Gasteiger partial charge is 0.416 e. The summed E-state index contributed by atoms with van der Waals surface area (Å²) in [7, 11) is 0. The highest BCUT2D eigenvalue weighted by molar-refractivity contribution is 6.03. The fourth-order valence-corrected chi connectivity index (χ4v) is 2.12. The topological polar surface area (TPSA) is 63.5 Å². The number of halogens is 3. The van der Waals surface area contributed by atoms with Crippen molar-refractivity contribution in [2.45, 2.75) is 6.18 Å². The number of alkyl halides is 3. The van der Waals surface area contributed by atoms with E-state index in [1.54, 1.807) is 18.2 Å². The van der Waals surface area contributed by atoms with Crippen LogP contribution >= 0.6 is 0 Å². The van der Waals surface area contributed by atoms with Crippen molar-refractivity contribution in [2.75, 3.05) is 5.32 Å². The number of carbonyl (C=O) groups excluding carboxylic acids is 1. The zero-order valence-corrected chi connectivity index (χ0v) is 12.0. The van der Waals surface area contributed by atoms with Crippen LogP contribution in [-0.2, 0) is 6.18 Å². The molecule has 122 valence electrons. The summed E-state index contributed by atoms with van der Waals surface area (Å²) in [6.45, 7) is 0. The molecule has 8 heteroatoms. The Morgan fingerprint density at radius 1 is 1.08 bits per heavy atom. The van der Waals surface area contributed by atoms with Crippen LogP contribution in [0.5, 0.6) is 0 Å². The van der Waals surface area contributed by atoms with Crippen molar-refractivity contribution in [2.24, 2.45) is 0 Å². The number of carbonyl (C=O) groups is 1. The van der Waals surface area contributed by atoms with Crippen LogP contribution in [0.1, 0.15) is 15.9 Å². The SMILES string of the molecule is O=C(Nc1ccc(C(F)(F)F)cc1)c1cnc2ccccn2c1=O. The number of anilines is 1. The van der Waals surface area contributed by atoms with Crippen molar-refractivity contribution in [3.8, 4) is 0 Å². The Bertz CT molecular complexity index is 963. The highest BCUT2D eigenvalue weighted by Crippen LogP contribution is 2.29. The number of amides is 1. The number of hydrogen-bond acceptors (Lipinski definition) is 3. The third-order valence-corrected chi connectivity index (χ3v) is 3.33. The fourth-order valence-electron chi connectivity index (χ4n) is 2.12. The Hall–Kier alpha value is -3.16. The van der Waals surface area contributed by atoms with Crippen LogP contribution in [0.25, 0.3) is 5.65 Å². The van der Waals surface area contributed by atoms with E-state index in [0.717, 1.165) is 30.5 Å². The second kappa shape index (κ2) is 5.80. The van der Waals surface area contributed by atoms with E-state index >= 15 is 0 Å². The van der Waals surface area contributed by atoms with Gasteiger partial charge in [-0.1, -0.05) is 6.07 Å². The van der Waals surface area contributed by atoms with Crippen molar-refractivity contribution in [3.05, 3.63) is 76.3 Å². The molecule has 1 aromatic carbocycles. The molecular weight excluding hydrogens is 323 g/mol. The molecule has 5 nitrogen and oxygen atoms in total. The van der Waals surface area contributed by atoms with Crippen molar-refractivity contribution >= 4 is 17.2 Å². The van der Waals surface area contributed by atoms with Crippen molar-refractivity contribution in [1.82, 2.24) is 9.38 Å². The lowest BCUT2D eigenvalue weighted by atomic mass is 10.2. The fraction of sp³-hybridized carbons (Fsp3) is 0.0625. The Labute approximate surface area is 133 Å². The molecule has 0 fully saturated rings. The molecule has 0 aliphatic rings. The second-order valence-corrected chi connectivity index (χ2v) is 4.94. The van der Waals surface area contributed by atoms with E-state index in [-0.39, 0.29) is 11.3 Å². The van der Waals surface area contributed by atoms with Gasteiger partial charge in [0.1, 0.15) is 11.2 Å². The average Bonchev–Trinajstić information content (AvgIpc) is 2.55. The molecule has 1 N–H and O–H groups in total. The van der Waals surface area contributed by atoms with Gasteiger partial charge in [-0.3, -0.25) is 14.0 Å².